The minimum Gasteiger partial charge on any atom is -0.376 e. The second-order valence-corrected chi connectivity index (χ2v) is 5.92. The Balaban J connectivity index is 2.20. The number of nitrogens with zero attached hydrogens (tertiary/aromatic N) is 1. The maximum atomic E-state index is 11.1. The van der Waals surface area contributed by atoms with Gasteiger partial charge in [0.25, 0.3) is 5.69 Å². The molecule has 104 valence electrons. The summed E-state index contributed by atoms with van der Waals surface area (Å²) in [6, 6.07) is 5.73. The highest BCUT2D eigenvalue weighted by Crippen LogP contribution is 2.33. The van der Waals surface area contributed by atoms with Crippen molar-refractivity contribution in [1.29, 1.82) is 0 Å². The van der Waals surface area contributed by atoms with Gasteiger partial charge in [-0.2, -0.15) is 0 Å². The molecule has 1 N–H and O–H groups in total. The Kier molecular flexibility index (Phi) is 4.08. The number of anilines is 1. The van der Waals surface area contributed by atoms with Crippen LogP contribution in [0.15, 0.2) is 18.2 Å². The van der Waals surface area contributed by atoms with Gasteiger partial charge in [-0.1, -0.05) is 26.3 Å². The van der Waals surface area contributed by atoms with Gasteiger partial charge in [-0.3, -0.25) is 10.1 Å². The number of rotatable bonds is 3. The first-order valence-electron chi connectivity index (χ1n) is 6.99. The van der Waals surface area contributed by atoms with E-state index in [4.69, 9.17) is 0 Å². The first-order valence-corrected chi connectivity index (χ1v) is 6.99. The molecule has 1 aromatic carbocycles. The van der Waals surface area contributed by atoms with Crippen LogP contribution in [0.5, 0.6) is 0 Å². The monoisotopic (exact) mass is 262 g/mol. The maximum Gasteiger partial charge on any atom is 0.292 e. The van der Waals surface area contributed by atoms with Crippen molar-refractivity contribution in [2.75, 3.05) is 5.32 Å². The number of nitro groups is 1. The zero-order chi connectivity index (χ0) is 14.0. The van der Waals surface area contributed by atoms with Crippen LogP contribution in [0, 0.1) is 28.9 Å². The topological polar surface area (TPSA) is 55.2 Å². The van der Waals surface area contributed by atoms with Crippen LogP contribution < -0.4 is 5.32 Å². The van der Waals surface area contributed by atoms with E-state index in [-0.39, 0.29) is 10.6 Å². The molecule has 0 saturated heterocycles. The van der Waals surface area contributed by atoms with Crippen LogP contribution in [0.25, 0.3) is 0 Å². The summed E-state index contributed by atoms with van der Waals surface area (Å²) in [6.07, 6.45) is 3.54. The predicted molar refractivity (Wildman–Crippen MR) is 77.4 cm³/mol. The van der Waals surface area contributed by atoms with Crippen LogP contribution in [0.4, 0.5) is 11.4 Å². The molecule has 1 fully saturated rings. The van der Waals surface area contributed by atoms with Crippen molar-refractivity contribution in [1.82, 2.24) is 0 Å². The molecule has 1 saturated carbocycles. The van der Waals surface area contributed by atoms with Crippen LogP contribution in [-0.4, -0.2) is 11.0 Å². The quantitative estimate of drug-likeness (QED) is 0.658. The van der Waals surface area contributed by atoms with Crippen molar-refractivity contribution in [3.8, 4) is 0 Å². The van der Waals surface area contributed by atoms with E-state index >= 15 is 0 Å². The Morgan fingerprint density at radius 1 is 1.32 bits per heavy atom. The summed E-state index contributed by atoms with van der Waals surface area (Å²) in [5.74, 6) is 1.26. The minimum atomic E-state index is -0.299. The molecule has 1 aliphatic carbocycles. The number of hydrogen-bond acceptors (Lipinski definition) is 3. The molecule has 0 aliphatic heterocycles. The lowest BCUT2D eigenvalue weighted by Crippen LogP contribution is -2.33. The van der Waals surface area contributed by atoms with E-state index in [1.807, 2.05) is 19.1 Å². The van der Waals surface area contributed by atoms with Gasteiger partial charge in [0, 0.05) is 12.1 Å². The van der Waals surface area contributed by atoms with Gasteiger partial charge in [-0.25, -0.2) is 0 Å². The molecule has 19 heavy (non-hydrogen) atoms. The molecule has 1 aromatic rings. The Hall–Kier alpha value is -1.58. The molecule has 0 bridgehead atoms. The summed E-state index contributed by atoms with van der Waals surface area (Å²) in [6.45, 7) is 6.36. The molecular weight excluding hydrogens is 240 g/mol. The summed E-state index contributed by atoms with van der Waals surface area (Å²) in [4.78, 5) is 10.8. The third kappa shape index (κ3) is 3.25. The first kappa shape index (κ1) is 13.8. The van der Waals surface area contributed by atoms with Crippen molar-refractivity contribution >= 4 is 11.4 Å². The van der Waals surface area contributed by atoms with E-state index in [0.29, 0.717) is 23.6 Å². The van der Waals surface area contributed by atoms with Gasteiger partial charge in [0.1, 0.15) is 5.69 Å². The van der Waals surface area contributed by atoms with E-state index in [1.54, 1.807) is 6.07 Å². The van der Waals surface area contributed by atoms with Crippen molar-refractivity contribution in [3.63, 3.8) is 0 Å². The number of hydrogen-bond donors (Lipinski definition) is 1. The zero-order valence-corrected chi connectivity index (χ0v) is 11.8. The van der Waals surface area contributed by atoms with E-state index in [2.05, 4.69) is 19.2 Å². The van der Waals surface area contributed by atoms with E-state index < -0.39 is 0 Å². The Morgan fingerprint density at radius 2 is 2.05 bits per heavy atom. The van der Waals surface area contributed by atoms with Crippen LogP contribution in [0.2, 0.25) is 0 Å². The predicted octanol–water partition coefficient (Wildman–Crippen LogP) is 4.14. The maximum absolute atomic E-state index is 11.1. The highest BCUT2D eigenvalue weighted by Gasteiger charge is 2.27. The molecule has 4 heteroatoms. The number of aryl methyl sites for hydroxylation is 1. The molecule has 0 spiro atoms. The van der Waals surface area contributed by atoms with Gasteiger partial charge in [0.15, 0.2) is 0 Å². The van der Waals surface area contributed by atoms with Crippen LogP contribution in [0.1, 0.15) is 38.7 Å². The van der Waals surface area contributed by atoms with E-state index in [1.165, 1.54) is 12.8 Å². The fourth-order valence-corrected chi connectivity index (χ4v) is 2.85. The molecule has 3 atom stereocenters. The third-order valence-corrected chi connectivity index (χ3v) is 4.15. The largest absolute Gasteiger partial charge is 0.376 e. The fraction of sp³-hybridized carbons (Fsp3) is 0.600. The Bertz CT molecular complexity index is 473. The second kappa shape index (κ2) is 5.59. The average Bonchev–Trinajstić information content (AvgIpc) is 2.35. The second-order valence-electron chi connectivity index (χ2n) is 5.92. The van der Waals surface area contributed by atoms with Gasteiger partial charge < -0.3 is 5.32 Å². The number of nitrogens with one attached hydrogen (secondary N) is 1. The van der Waals surface area contributed by atoms with Crippen molar-refractivity contribution in [2.24, 2.45) is 11.8 Å². The third-order valence-electron chi connectivity index (χ3n) is 4.15. The fourth-order valence-electron chi connectivity index (χ4n) is 2.85. The highest BCUT2D eigenvalue weighted by atomic mass is 16.6. The molecule has 0 radical (unpaired) electrons. The van der Waals surface area contributed by atoms with Gasteiger partial charge >= 0.3 is 0 Å². The van der Waals surface area contributed by atoms with Crippen LogP contribution in [-0.2, 0) is 0 Å². The standard InChI is InChI=1S/C15H22N2O2/c1-10-4-6-12(3)14(8-10)16-13-7-5-11(2)9-15(13)17(18)19/h5,7,9-10,12,14,16H,4,6,8H2,1-3H3. The molecule has 0 heterocycles. The zero-order valence-electron chi connectivity index (χ0n) is 11.8. The lowest BCUT2D eigenvalue weighted by molar-refractivity contribution is -0.384. The van der Waals surface area contributed by atoms with Crippen molar-refractivity contribution < 1.29 is 4.92 Å². The molecule has 3 unspecified atom stereocenters. The minimum absolute atomic E-state index is 0.186. The molecule has 4 nitrogen and oxygen atoms in total. The summed E-state index contributed by atoms with van der Waals surface area (Å²) in [5.41, 5.74) is 1.76. The number of benzene rings is 1. The summed E-state index contributed by atoms with van der Waals surface area (Å²) >= 11 is 0. The van der Waals surface area contributed by atoms with E-state index in [0.717, 1.165) is 12.0 Å². The molecule has 0 amide bonds. The van der Waals surface area contributed by atoms with Crippen molar-refractivity contribution in [2.45, 2.75) is 46.1 Å². The summed E-state index contributed by atoms with van der Waals surface area (Å²) < 4.78 is 0. The normalized spacial score (nSPS) is 27.0. The number of nitro benzene ring substituents is 1. The SMILES string of the molecule is Cc1ccc(NC2CC(C)CCC2C)c([N+](=O)[O-])c1. The lowest BCUT2D eigenvalue weighted by Gasteiger charge is -2.33. The summed E-state index contributed by atoms with van der Waals surface area (Å²) in [7, 11) is 0. The van der Waals surface area contributed by atoms with Gasteiger partial charge in [0.05, 0.1) is 4.92 Å². The first-order chi connectivity index (χ1) is 8.97. The molecule has 2 rings (SSSR count). The highest BCUT2D eigenvalue weighted by molar-refractivity contribution is 5.63. The van der Waals surface area contributed by atoms with Gasteiger partial charge in [-0.15, -0.1) is 0 Å². The molecule has 0 aromatic heterocycles. The smallest absolute Gasteiger partial charge is 0.292 e. The van der Waals surface area contributed by atoms with Crippen LogP contribution >= 0.6 is 0 Å². The molecular formula is C15H22N2O2. The van der Waals surface area contributed by atoms with Gasteiger partial charge in [0.2, 0.25) is 0 Å². The van der Waals surface area contributed by atoms with Crippen LogP contribution in [0.3, 0.4) is 0 Å². The van der Waals surface area contributed by atoms with Crippen molar-refractivity contribution in [3.05, 3.63) is 33.9 Å². The van der Waals surface area contributed by atoms with Gasteiger partial charge in [-0.05, 0) is 43.2 Å². The van der Waals surface area contributed by atoms with E-state index in [9.17, 15) is 10.1 Å². The lowest BCUT2D eigenvalue weighted by atomic mass is 9.80. The molecule has 1 aliphatic rings. The average molecular weight is 262 g/mol. The summed E-state index contributed by atoms with van der Waals surface area (Å²) in [5, 5.41) is 14.5. The Labute approximate surface area is 114 Å². The Morgan fingerprint density at radius 3 is 2.74 bits per heavy atom.